The molecule has 0 spiro atoms. The molecule has 2 N–H and O–H groups in total. The van der Waals surface area contributed by atoms with Gasteiger partial charge in [0.2, 0.25) is 5.91 Å². The molecule has 1 fully saturated rings. The number of amides is 1. The molecule has 0 atom stereocenters. The minimum absolute atomic E-state index is 0.160. The number of carbonyl (C=O) groups is 1. The van der Waals surface area contributed by atoms with Gasteiger partial charge in [-0.15, -0.1) is 0 Å². The van der Waals surface area contributed by atoms with E-state index in [0.717, 1.165) is 31.9 Å². The van der Waals surface area contributed by atoms with Crippen LogP contribution in [0.15, 0.2) is 42.5 Å². The molecule has 0 aliphatic carbocycles. The quantitative estimate of drug-likeness (QED) is 0.812. The lowest BCUT2D eigenvalue weighted by molar-refractivity contribution is -0.114. The Bertz CT molecular complexity index is 759. The lowest BCUT2D eigenvalue weighted by Crippen LogP contribution is -2.44. The van der Waals surface area contributed by atoms with E-state index in [-0.39, 0.29) is 12.5 Å². The maximum atomic E-state index is 12.1. The molecule has 3 rings (SSSR count). The number of benzene rings is 2. The maximum absolute atomic E-state index is 12.1. The Morgan fingerprint density at radius 1 is 1.04 bits per heavy atom. The van der Waals surface area contributed by atoms with Crippen molar-refractivity contribution in [3.63, 3.8) is 0 Å². The first-order valence-electron chi connectivity index (χ1n) is 8.53. The van der Waals surface area contributed by atoms with Crippen molar-refractivity contribution in [1.82, 2.24) is 4.90 Å². The zero-order valence-corrected chi connectivity index (χ0v) is 16.1. The molecule has 26 heavy (non-hydrogen) atoms. The van der Waals surface area contributed by atoms with Crippen molar-refractivity contribution in [2.24, 2.45) is 0 Å². The molecule has 7 heteroatoms. The SMILES string of the molecule is CN1CCN(c2ccc(NCC(=O)Nc3ccc(Cl)cc3Cl)cc2)CC1. The molecule has 0 bridgehead atoms. The first kappa shape index (κ1) is 18.8. The fourth-order valence-corrected chi connectivity index (χ4v) is 3.28. The summed E-state index contributed by atoms with van der Waals surface area (Å²) in [4.78, 5) is 16.8. The Labute approximate surface area is 163 Å². The number of halogens is 2. The van der Waals surface area contributed by atoms with Gasteiger partial charge in [-0.05, 0) is 49.5 Å². The second-order valence-corrected chi connectivity index (χ2v) is 7.21. The van der Waals surface area contributed by atoms with Crippen LogP contribution in [-0.4, -0.2) is 50.6 Å². The van der Waals surface area contributed by atoms with Gasteiger partial charge in [0.1, 0.15) is 0 Å². The fourth-order valence-electron chi connectivity index (χ4n) is 2.82. The zero-order chi connectivity index (χ0) is 18.5. The van der Waals surface area contributed by atoms with E-state index in [4.69, 9.17) is 23.2 Å². The Morgan fingerprint density at radius 3 is 2.38 bits per heavy atom. The van der Waals surface area contributed by atoms with E-state index in [0.29, 0.717) is 15.7 Å². The third kappa shape index (κ3) is 5.04. The van der Waals surface area contributed by atoms with Gasteiger partial charge in [-0.25, -0.2) is 0 Å². The smallest absolute Gasteiger partial charge is 0.243 e. The van der Waals surface area contributed by atoms with Crippen LogP contribution in [0, 0.1) is 0 Å². The molecule has 138 valence electrons. The van der Waals surface area contributed by atoms with Gasteiger partial charge >= 0.3 is 0 Å². The van der Waals surface area contributed by atoms with Crippen LogP contribution < -0.4 is 15.5 Å². The maximum Gasteiger partial charge on any atom is 0.243 e. The van der Waals surface area contributed by atoms with Crippen LogP contribution in [0.2, 0.25) is 10.0 Å². The van der Waals surface area contributed by atoms with Gasteiger partial charge in [0, 0.05) is 42.6 Å². The van der Waals surface area contributed by atoms with Gasteiger partial charge in [-0.1, -0.05) is 23.2 Å². The Hall–Kier alpha value is -1.95. The summed E-state index contributed by atoms with van der Waals surface area (Å²) in [6, 6.07) is 13.1. The monoisotopic (exact) mass is 392 g/mol. The third-order valence-electron chi connectivity index (χ3n) is 4.39. The number of hydrogen-bond donors (Lipinski definition) is 2. The fraction of sp³-hybridized carbons (Fsp3) is 0.316. The lowest BCUT2D eigenvalue weighted by atomic mass is 10.2. The van der Waals surface area contributed by atoms with Crippen molar-refractivity contribution in [1.29, 1.82) is 0 Å². The molecule has 5 nitrogen and oxygen atoms in total. The van der Waals surface area contributed by atoms with Gasteiger partial charge in [0.15, 0.2) is 0 Å². The van der Waals surface area contributed by atoms with Gasteiger partial charge in [0.25, 0.3) is 0 Å². The number of hydrogen-bond acceptors (Lipinski definition) is 4. The Balaban J connectivity index is 1.50. The standard InChI is InChI=1S/C19H22Cl2N4O/c1-24-8-10-25(11-9-24)16-5-3-15(4-6-16)22-13-19(26)23-18-7-2-14(20)12-17(18)21/h2-7,12,22H,8-11,13H2,1H3,(H,23,26). The average molecular weight is 393 g/mol. The van der Waals surface area contributed by atoms with Crippen molar-refractivity contribution in [2.45, 2.75) is 0 Å². The molecule has 1 heterocycles. The molecule has 2 aromatic carbocycles. The minimum Gasteiger partial charge on any atom is -0.376 e. The molecule has 2 aromatic rings. The number of piperazine rings is 1. The number of carbonyl (C=O) groups excluding carboxylic acids is 1. The number of anilines is 3. The summed E-state index contributed by atoms with van der Waals surface area (Å²) >= 11 is 11.9. The van der Waals surface area contributed by atoms with Crippen molar-refractivity contribution >= 4 is 46.2 Å². The number of nitrogens with zero attached hydrogens (tertiary/aromatic N) is 2. The van der Waals surface area contributed by atoms with E-state index in [9.17, 15) is 4.79 Å². The average Bonchev–Trinajstić information content (AvgIpc) is 2.63. The van der Waals surface area contributed by atoms with Crippen LogP contribution in [-0.2, 0) is 4.79 Å². The molecule has 0 saturated carbocycles. The molecule has 0 aromatic heterocycles. The molecule has 0 unspecified atom stereocenters. The van der Waals surface area contributed by atoms with Gasteiger partial charge < -0.3 is 20.4 Å². The molecule has 0 radical (unpaired) electrons. The van der Waals surface area contributed by atoms with E-state index in [2.05, 4.69) is 39.6 Å². The van der Waals surface area contributed by atoms with E-state index in [1.807, 2.05) is 12.1 Å². The summed E-state index contributed by atoms with van der Waals surface area (Å²) in [7, 11) is 2.15. The lowest BCUT2D eigenvalue weighted by Gasteiger charge is -2.34. The van der Waals surface area contributed by atoms with Crippen LogP contribution in [0.1, 0.15) is 0 Å². The topological polar surface area (TPSA) is 47.6 Å². The number of rotatable bonds is 5. The van der Waals surface area contributed by atoms with E-state index < -0.39 is 0 Å². The van der Waals surface area contributed by atoms with Crippen LogP contribution >= 0.6 is 23.2 Å². The summed E-state index contributed by atoms with van der Waals surface area (Å²) in [5, 5.41) is 6.85. The van der Waals surface area contributed by atoms with Crippen LogP contribution in [0.4, 0.5) is 17.1 Å². The predicted molar refractivity (Wildman–Crippen MR) is 110 cm³/mol. The van der Waals surface area contributed by atoms with Crippen LogP contribution in [0.3, 0.4) is 0 Å². The summed E-state index contributed by atoms with van der Waals surface area (Å²) in [6.07, 6.45) is 0. The first-order chi connectivity index (χ1) is 12.5. The molecule has 1 aliphatic heterocycles. The highest BCUT2D eigenvalue weighted by molar-refractivity contribution is 6.36. The van der Waals surface area contributed by atoms with Crippen LogP contribution in [0.5, 0.6) is 0 Å². The highest BCUT2D eigenvalue weighted by atomic mass is 35.5. The zero-order valence-electron chi connectivity index (χ0n) is 14.6. The summed E-state index contributed by atoms with van der Waals surface area (Å²) in [5.41, 5.74) is 2.66. The van der Waals surface area contributed by atoms with Crippen molar-refractivity contribution < 1.29 is 4.79 Å². The third-order valence-corrected chi connectivity index (χ3v) is 4.94. The minimum atomic E-state index is -0.169. The van der Waals surface area contributed by atoms with Crippen molar-refractivity contribution in [3.05, 3.63) is 52.5 Å². The van der Waals surface area contributed by atoms with Gasteiger partial charge in [-0.2, -0.15) is 0 Å². The highest BCUT2D eigenvalue weighted by Crippen LogP contribution is 2.25. The first-order valence-corrected chi connectivity index (χ1v) is 9.29. The summed E-state index contributed by atoms with van der Waals surface area (Å²) in [6.45, 7) is 4.38. The number of nitrogens with one attached hydrogen (secondary N) is 2. The van der Waals surface area contributed by atoms with Gasteiger partial charge in [-0.3, -0.25) is 4.79 Å². The Morgan fingerprint density at radius 2 is 1.73 bits per heavy atom. The predicted octanol–water partition coefficient (Wildman–Crippen LogP) is 3.80. The molecule has 1 saturated heterocycles. The van der Waals surface area contributed by atoms with E-state index in [1.165, 1.54) is 5.69 Å². The van der Waals surface area contributed by atoms with E-state index in [1.54, 1.807) is 18.2 Å². The number of likely N-dealkylation sites (N-methyl/N-ethyl adjacent to an activating group) is 1. The molecule has 1 amide bonds. The van der Waals surface area contributed by atoms with Gasteiger partial charge in [0.05, 0.1) is 17.3 Å². The largest absolute Gasteiger partial charge is 0.376 e. The van der Waals surface area contributed by atoms with Crippen molar-refractivity contribution in [3.8, 4) is 0 Å². The summed E-state index contributed by atoms with van der Waals surface area (Å²) in [5.74, 6) is -0.169. The second kappa shape index (κ2) is 8.62. The molecular formula is C19H22Cl2N4O. The van der Waals surface area contributed by atoms with Crippen LogP contribution in [0.25, 0.3) is 0 Å². The molecular weight excluding hydrogens is 371 g/mol. The van der Waals surface area contributed by atoms with Crippen molar-refractivity contribution in [2.75, 3.05) is 55.3 Å². The highest BCUT2D eigenvalue weighted by Gasteiger charge is 2.14. The summed E-state index contributed by atoms with van der Waals surface area (Å²) < 4.78 is 0. The van der Waals surface area contributed by atoms with E-state index >= 15 is 0 Å². The Kier molecular flexibility index (Phi) is 6.25. The molecule has 1 aliphatic rings. The normalized spacial score (nSPS) is 15.0. The second-order valence-electron chi connectivity index (χ2n) is 6.36.